The highest BCUT2D eigenvalue weighted by molar-refractivity contribution is 5.96. The summed E-state index contributed by atoms with van der Waals surface area (Å²) in [6.07, 6.45) is 0. The topological polar surface area (TPSA) is 96.5 Å². The number of nitrogens with one attached hydrogen (secondary N) is 3. The van der Waals surface area contributed by atoms with Crippen LogP contribution in [0.25, 0.3) is 0 Å². The van der Waals surface area contributed by atoms with Gasteiger partial charge in [0.1, 0.15) is 5.82 Å². The number of imide groups is 1. The standard InChI is InChI=1S/C13H16FN3O4/c1-7-9(14)4-8(12(19)21-3)5-10(7)16-6-11(18)17-13(20)15-2/h4-5,16H,6H2,1-3H3,(H2,15,17,18,20). The maximum atomic E-state index is 13.7. The smallest absolute Gasteiger partial charge is 0.338 e. The van der Waals surface area contributed by atoms with Gasteiger partial charge in [-0.3, -0.25) is 10.1 Å². The maximum Gasteiger partial charge on any atom is 0.338 e. The van der Waals surface area contributed by atoms with Gasteiger partial charge in [-0.1, -0.05) is 0 Å². The van der Waals surface area contributed by atoms with Crippen LogP contribution in [0.5, 0.6) is 0 Å². The van der Waals surface area contributed by atoms with Crippen molar-refractivity contribution in [2.24, 2.45) is 0 Å². The Morgan fingerprint density at radius 2 is 1.95 bits per heavy atom. The Morgan fingerprint density at radius 1 is 1.29 bits per heavy atom. The number of hydrogen-bond acceptors (Lipinski definition) is 5. The third kappa shape index (κ3) is 4.44. The summed E-state index contributed by atoms with van der Waals surface area (Å²) in [5.41, 5.74) is 0.535. The van der Waals surface area contributed by atoms with Crippen molar-refractivity contribution in [2.75, 3.05) is 26.0 Å². The van der Waals surface area contributed by atoms with Crippen LogP contribution in [-0.4, -0.2) is 38.6 Å². The predicted molar refractivity (Wildman–Crippen MR) is 73.6 cm³/mol. The van der Waals surface area contributed by atoms with Crippen molar-refractivity contribution in [2.45, 2.75) is 6.92 Å². The molecule has 1 aromatic carbocycles. The summed E-state index contributed by atoms with van der Waals surface area (Å²) in [7, 11) is 2.55. The number of carbonyl (C=O) groups is 3. The number of anilines is 1. The van der Waals surface area contributed by atoms with Crippen molar-refractivity contribution in [3.05, 3.63) is 29.1 Å². The van der Waals surface area contributed by atoms with Crippen molar-refractivity contribution in [3.63, 3.8) is 0 Å². The van der Waals surface area contributed by atoms with E-state index >= 15 is 0 Å². The van der Waals surface area contributed by atoms with Crippen LogP contribution in [0.1, 0.15) is 15.9 Å². The molecule has 0 saturated carbocycles. The van der Waals surface area contributed by atoms with E-state index in [0.717, 1.165) is 6.07 Å². The second-order valence-corrected chi connectivity index (χ2v) is 4.10. The molecule has 1 aromatic rings. The number of rotatable bonds is 4. The number of halogens is 1. The van der Waals surface area contributed by atoms with Gasteiger partial charge in [-0.2, -0.15) is 0 Å². The lowest BCUT2D eigenvalue weighted by Gasteiger charge is -2.11. The number of hydrogen-bond donors (Lipinski definition) is 3. The number of esters is 1. The summed E-state index contributed by atoms with van der Waals surface area (Å²) in [6, 6.07) is 1.78. The number of benzene rings is 1. The van der Waals surface area contributed by atoms with E-state index in [-0.39, 0.29) is 23.4 Å². The van der Waals surface area contributed by atoms with Crippen molar-refractivity contribution in [3.8, 4) is 0 Å². The molecule has 114 valence electrons. The molecule has 3 amide bonds. The van der Waals surface area contributed by atoms with Crippen LogP contribution in [0, 0.1) is 12.7 Å². The number of amides is 3. The van der Waals surface area contributed by atoms with Crippen molar-refractivity contribution < 1.29 is 23.5 Å². The molecule has 0 aromatic heterocycles. The fourth-order valence-electron chi connectivity index (χ4n) is 1.51. The molecular weight excluding hydrogens is 281 g/mol. The molecule has 0 saturated heterocycles. The van der Waals surface area contributed by atoms with Gasteiger partial charge < -0.3 is 15.4 Å². The molecule has 1 rings (SSSR count). The quantitative estimate of drug-likeness (QED) is 0.714. The fraction of sp³-hybridized carbons (Fsp3) is 0.308. The Bertz CT molecular complexity index is 575. The SMILES string of the molecule is CNC(=O)NC(=O)CNc1cc(C(=O)OC)cc(F)c1C. The van der Waals surface area contributed by atoms with Gasteiger partial charge in [-0.05, 0) is 19.1 Å². The Morgan fingerprint density at radius 3 is 2.52 bits per heavy atom. The van der Waals surface area contributed by atoms with Gasteiger partial charge in [0, 0.05) is 18.3 Å². The Balaban J connectivity index is 2.83. The fourth-order valence-corrected chi connectivity index (χ4v) is 1.51. The molecule has 8 heteroatoms. The van der Waals surface area contributed by atoms with E-state index in [4.69, 9.17) is 0 Å². The average Bonchev–Trinajstić information content (AvgIpc) is 2.47. The third-order valence-corrected chi connectivity index (χ3v) is 2.68. The van der Waals surface area contributed by atoms with Crippen LogP contribution in [-0.2, 0) is 9.53 Å². The van der Waals surface area contributed by atoms with E-state index in [9.17, 15) is 18.8 Å². The third-order valence-electron chi connectivity index (χ3n) is 2.68. The highest BCUT2D eigenvalue weighted by Gasteiger charge is 2.14. The monoisotopic (exact) mass is 297 g/mol. The van der Waals surface area contributed by atoms with Gasteiger partial charge in [0.15, 0.2) is 0 Å². The largest absolute Gasteiger partial charge is 0.465 e. The normalized spacial score (nSPS) is 9.71. The van der Waals surface area contributed by atoms with Gasteiger partial charge in [0.2, 0.25) is 5.91 Å². The predicted octanol–water partition coefficient (Wildman–Crippen LogP) is 0.788. The van der Waals surface area contributed by atoms with Crippen LogP contribution in [0.2, 0.25) is 0 Å². The Kier molecular flexibility index (Phi) is 5.65. The molecule has 0 aliphatic heterocycles. The zero-order chi connectivity index (χ0) is 16.0. The molecule has 0 aliphatic rings. The van der Waals surface area contributed by atoms with E-state index in [0.29, 0.717) is 0 Å². The lowest BCUT2D eigenvalue weighted by atomic mass is 10.1. The summed E-state index contributed by atoms with van der Waals surface area (Å²) in [4.78, 5) is 33.8. The molecular formula is C13H16FN3O4. The average molecular weight is 297 g/mol. The molecule has 0 atom stereocenters. The molecule has 0 radical (unpaired) electrons. The Labute approximate surface area is 120 Å². The summed E-state index contributed by atoms with van der Waals surface area (Å²) in [6.45, 7) is 1.24. The van der Waals surface area contributed by atoms with Crippen LogP contribution < -0.4 is 16.0 Å². The first-order chi connectivity index (χ1) is 9.88. The molecule has 0 fully saturated rings. The van der Waals surface area contributed by atoms with E-state index in [1.54, 1.807) is 0 Å². The zero-order valence-electron chi connectivity index (χ0n) is 11.9. The molecule has 3 N–H and O–H groups in total. The van der Waals surface area contributed by atoms with Gasteiger partial charge in [0.25, 0.3) is 0 Å². The molecule has 0 heterocycles. The summed E-state index contributed by atoms with van der Waals surface area (Å²) in [5, 5.41) is 6.93. The van der Waals surface area contributed by atoms with Crippen molar-refractivity contribution >= 4 is 23.6 Å². The van der Waals surface area contributed by atoms with Crippen molar-refractivity contribution in [1.29, 1.82) is 0 Å². The molecule has 21 heavy (non-hydrogen) atoms. The molecule has 0 unspecified atom stereocenters. The first-order valence-electron chi connectivity index (χ1n) is 6.03. The second kappa shape index (κ2) is 7.22. The van der Waals surface area contributed by atoms with E-state index in [1.807, 2.05) is 5.32 Å². The summed E-state index contributed by atoms with van der Waals surface area (Å²) >= 11 is 0. The van der Waals surface area contributed by atoms with Crippen LogP contribution in [0.15, 0.2) is 12.1 Å². The first kappa shape index (κ1) is 16.4. The minimum atomic E-state index is -0.688. The zero-order valence-corrected chi connectivity index (χ0v) is 11.9. The molecule has 0 bridgehead atoms. The number of carbonyl (C=O) groups excluding carboxylic acids is 3. The van der Waals surface area contributed by atoms with E-state index in [2.05, 4.69) is 15.4 Å². The first-order valence-corrected chi connectivity index (χ1v) is 6.03. The highest BCUT2D eigenvalue weighted by Crippen LogP contribution is 2.21. The maximum absolute atomic E-state index is 13.7. The van der Waals surface area contributed by atoms with Gasteiger partial charge >= 0.3 is 12.0 Å². The number of urea groups is 1. The molecule has 0 spiro atoms. The second-order valence-electron chi connectivity index (χ2n) is 4.10. The van der Waals surface area contributed by atoms with Crippen molar-refractivity contribution in [1.82, 2.24) is 10.6 Å². The lowest BCUT2D eigenvalue weighted by Crippen LogP contribution is -2.40. The lowest BCUT2D eigenvalue weighted by molar-refractivity contribution is -0.118. The molecule has 0 aliphatic carbocycles. The number of ether oxygens (including phenoxy) is 1. The van der Waals surface area contributed by atoms with Gasteiger partial charge in [-0.15, -0.1) is 0 Å². The highest BCUT2D eigenvalue weighted by atomic mass is 19.1. The van der Waals surface area contributed by atoms with Crippen LogP contribution in [0.3, 0.4) is 0 Å². The van der Waals surface area contributed by atoms with Crippen LogP contribution in [0.4, 0.5) is 14.9 Å². The number of methoxy groups -OCH3 is 1. The summed E-state index contributed by atoms with van der Waals surface area (Å²) < 4.78 is 18.2. The van der Waals surface area contributed by atoms with E-state index < -0.39 is 23.7 Å². The van der Waals surface area contributed by atoms with E-state index in [1.165, 1.54) is 27.1 Å². The summed E-state index contributed by atoms with van der Waals surface area (Å²) in [5.74, 6) is -1.89. The Hall–Kier alpha value is -2.64. The van der Waals surface area contributed by atoms with Gasteiger partial charge in [-0.25, -0.2) is 14.0 Å². The minimum Gasteiger partial charge on any atom is -0.465 e. The van der Waals surface area contributed by atoms with Gasteiger partial charge in [0.05, 0.1) is 19.2 Å². The van der Waals surface area contributed by atoms with Crippen LogP contribution >= 0.6 is 0 Å². The molecule has 7 nitrogen and oxygen atoms in total. The minimum absolute atomic E-state index is 0.0230.